The van der Waals surface area contributed by atoms with Crippen LogP contribution in [0.3, 0.4) is 0 Å². The molecular formula is C12H16N4O2S. The van der Waals surface area contributed by atoms with Gasteiger partial charge in [0, 0.05) is 23.5 Å². The van der Waals surface area contributed by atoms with Gasteiger partial charge in [0.05, 0.1) is 11.1 Å². The minimum atomic E-state index is -3.54. The molecule has 0 radical (unpaired) electrons. The number of hydrogen-bond acceptors (Lipinski definition) is 4. The molecule has 0 aliphatic heterocycles. The summed E-state index contributed by atoms with van der Waals surface area (Å²) in [6, 6.07) is 4.64. The molecule has 0 saturated carbocycles. The molecule has 6 nitrogen and oxygen atoms in total. The Labute approximate surface area is 112 Å². The van der Waals surface area contributed by atoms with Gasteiger partial charge >= 0.3 is 0 Å². The molecule has 0 saturated heterocycles. The molecule has 1 aromatic carbocycles. The van der Waals surface area contributed by atoms with Gasteiger partial charge in [-0.2, -0.15) is 5.10 Å². The molecule has 19 heavy (non-hydrogen) atoms. The van der Waals surface area contributed by atoms with Crippen molar-refractivity contribution in [2.24, 2.45) is 0 Å². The van der Waals surface area contributed by atoms with Gasteiger partial charge in [0.1, 0.15) is 0 Å². The molecular weight excluding hydrogens is 264 g/mol. The van der Waals surface area contributed by atoms with Gasteiger partial charge in [-0.25, -0.2) is 13.1 Å². The lowest BCUT2D eigenvalue weighted by Gasteiger charge is -2.08. The maximum absolute atomic E-state index is 12.1. The summed E-state index contributed by atoms with van der Waals surface area (Å²) in [5.74, 6) is 0. The van der Waals surface area contributed by atoms with Gasteiger partial charge in [0.25, 0.3) is 0 Å². The number of rotatable bonds is 4. The lowest BCUT2D eigenvalue weighted by molar-refractivity contribution is 0.581. The Bertz CT molecular complexity index is 692. The topological polar surface area (TPSA) is 101 Å². The zero-order valence-electron chi connectivity index (χ0n) is 10.8. The lowest BCUT2D eigenvalue weighted by Crippen LogP contribution is -2.23. The average Bonchev–Trinajstić information content (AvgIpc) is 2.76. The number of nitrogens with zero attached hydrogens (tertiary/aromatic N) is 1. The van der Waals surface area contributed by atoms with E-state index in [1.165, 1.54) is 6.07 Å². The van der Waals surface area contributed by atoms with E-state index in [1.807, 2.05) is 6.92 Å². The highest BCUT2D eigenvalue weighted by molar-refractivity contribution is 7.89. The van der Waals surface area contributed by atoms with Gasteiger partial charge < -0.3 is 5.73 Å². The standard InChI is InChI=1S/C12H16N4O2S/c1-8-5-11(3-4-12(8)13)19(17,18)15-7-10-6-14-16-9(10)2/h3-6,15H,7,13H2,1-2H3,(H,14,16). The van der Waals surface area contributed by atoms with E-state index in [4.69, 9.17) is 5.73 Å². The zero-order valence-corrected chi connectivity index (χ0v) is 11.6. The average molecular weight is 280 g/mol. The van der Waals surface area contributed by atoms with Crippen molar-refractivity contribution in [2.45, 2.75) is 25.3 Å². The van der Waals surface area contributed by atoms with E-state index in [0.29, 0.717) is 5.69 Å². The molecule has 4 N–H and O–H groups in total. The Morgan fingerprint density at radius 1 is 1.37 bits per heavy atom. The SMILES string of the molecule is Cc1cc(S(=O)(=O)NCc2cn[nH]c2C)ccc1N. The summed E-state index contributed by atoms with van der Waals surface area (Å²) in [5.41, 5.74) is 8.65. The van der Waals surface area contributed by atoms with Gasteiger partial charge in [0.15, 0.2) is 0 Å². The molecule has 0 fully saturated rings. The smallest absolute Gasteiger partial charge is 0.240 e. The van der Waals surface area contributed by atoms with Crippen molar-refractivity contribution in [3.63, 3.8) is 0 Å². The largest absolute Gasteiger partial charge is 0.399 e. The number of nitrogens with two attached hydrogens (primary N) is 1. The van der Waals surface area contributed by atoms with Gasteiger partial charge in [-0.1, -0.05) is 0 Å². The van der Waals surface area contributed by atoms with E-state index in [9.17, 15) is 8.42 Å². The van der Waals surface area contributed by atoms with Gasteiger partial charge in [0.2, 0.25) is 10.0 Å². The molecule has 2 rings (SSSR count). The second kappa shape index (κ2) is 5.02. The highest BCUT2D eigenvalue weighted by Gasteiger charge is 2.15. The number of anilines is 1. The lowest BCUT2D eigenvalue weighted by atomic mass is 10.2. The first kappa shape index (κ1) is 13.6. The Morgan fingerprint density at radius 2 is 2.11 bits per heavy atom. The Kier molecular flexibility index (Phi) is 3.59. The Morgan fingerprint density at radius 3 is 2.68 bits per heavy atom. The van der Waals surface area contributed by atoms with E-state index in [0.717, 1.165) is 16.8 Å². The highest BCUT2D eigenvalue weighted by Crippen LogP contribution is 2.17. The van der Waals surface area contributed by atoms with Crippen LogP contribution in [-0.2, 0) is 16.6 Å². The molecule has 2 aromatic rings. The molecule has 102 valence electrons. The summed E-state index contributed by atoms with van der Waals surface area (Å²) < 4.78 is 26.8. The number of nitrogen functional groups attached to an aromatic ring is 1. The Balaban J connectivity index is 2.18. The third-order valence-corrected chi connectivity index (χ3v) is 4.34. The molecule has 0 spiro atoms. The third kappa shape index (κ3) is 2.94. The molecule has 1 heterocycles. The number of aromatic nitrogens is 2. The summed E-state index contributed by atoms with van der Waals surface area (Å²) in [7, 11) is -3.54. The van der Waals surface area contributed by atoms with E-state index in [-0.39, 0.29) is 11.4 Å². The summed E-state index contributed by atoms with van der Waals surface area (Å²) in [4.78, 5) is 0.209. The van der Waals surface area contributed by atoms with Crippen molar-refractivity contribution >= 4 is 15.7 Å². The van der Waals surface area contributed by atoms with Gasteiger partial charge in [-0.3, -0.25) is 5.10 Å². The first-order valence-corrected chi connectivity index (χ1v) is 7.23. The normalized spacial score (nSPS) is 11.7. The quantitative estimate of drug-likeness (QED) is 0.730. The number of aromatic amines is 1. The first-order chi connectivity index (χ1) is 8.90. The van der Waals surface area contributed by atoms with E-state index in [1.54, 1.807) is 25.3 Å². The molecule has 0 atom stereocenters. The van der Waals surface area contributed by atoms with Crippen LogP contribution in [0.15, 0.2) is 29.3 Å². The fraction of sp³-hybridized carbons (Fsp3) is 0.250. The number of hydrogen-bond donors (Lipinski definition) is 3. The third-order valence-electron chi connectivity index (χ3n) is 2.94. The van der Waals surface area contributed by atoms with Crippen LogP contribution in [-0.4, -0.2) is 18.6 Å². The molecule has 0 aliphatic carbocycles. The zero-order chi connectivity index (χ0) is 14.0. The number of aryl methyl sites for hydroxylation is 2. The monoisotopic (exact) mass is 280 g/mol. The fourth-order valence-electron chi connectivity index (χ4n) is 1.63. The van der Waals surface area contributed by atoms with Crippen molar-refractivity contribution in [1.82, 2.24) is 14.9 Å². The predicted molar refractivity (Wildman–Crippen MR) is 72.9 cm³/mol. The molecule has 0 amide bonds. The van der Waals surface area contributed by atoms with Crippen LogP contribution >= 0.6 is 0 Å². The predicted octanol–water partition coefficient (Wildman–Crippen LogP) is 1.09. The molecule has 0 bridgehead atoms. The molecule has 0 unspecified atom stereocenters. The van der Waals surface area contributed by atoms with Crippen molar-refractivity contribution in [3.8, 4) is 0 Å². The molecule has 1 aromatic heterocycles. The van der Waals surface area contributed by atoms with Crippen LogP contribution in [0.5, 0.6) is 0 Å². The van der Waals surface area contributed by atoms with E-state index < -0.39 is 10.0 Å². The van der Waals surface area contributed by atoms with Gasteiger partial charge in [-0.15, -0.1) is 0 Å². The van der Waals surface area contributed by atoms with Crippen molar-refractivity contribution in [1.29, 1.82) is 0 Å². The number of nitrogens with one attached hydrogen (secondary N) is 2. The second-order valence-electron chi connectivity index (χ2n) is 4.36. The van der Waals surface area contributed by atoms with Crippen molar-refractivity contribution in [2.75, 3.05) is 5.73 Å². The number of H-pyrrole nitrogens is 1. The van der Waals surface area contributed by atoms with E-state index >= 15 is 0 Å². The van der Waals surface area contributed by atoms with Crippen LogP contribution in [0.2, 0.25) is 0 Å². The van der Waals surface area contributed by atoms with Crippen LogP contribution in [0.1, 0.15) is 16.8 Å². The highest BCUT2D eigenvalue weighted by atomic mass is 32.2. The second-order valence-corrected chi connectivity index (χ2v) is 6.13. The first-order valence-electron chi connectivity index (χ1n) is 5.75. The Hall–Kier alpha value is -1.86. The summed E-state index contributed by atoms with van der Waals surface area (Å²) in [6.07, 6.45) is 1.60. The minimum absolute atomic E-state index is 0.202. The van der Waals surface area contributed by atoms with Gasteiger partial charge in [-0.05, 0) is 37.6 Å². The van der Waals surface area contributed by atoms with Crippen molar-refractivity contribution in [3.05, 3.63) is 41.2 Å². The minimum Gasteiger partial charge on any atom is -0.399 e. The summed E-state index contributed by atoms with van der Waals surface area (Å²) in [6.45, 7) is 3.81. The maximum Gasteiger partial charge on any atom is 0.240 e. The van der Waals surface area contributed by atoms with Crippen molar-refractivity contribution < 1.29 is 8.42 Å². The number of sulfonamides is 1. The van der Waals surface area contributed by atoms with E-state index in [2.05, 4.69) is 14.9 Å². The van der Waals surface area contributed by atoms with Crippen LogP contribution in [0, 0.1) is 13.8 Å². The molecule has 7 heteroatoms. The fourth-order valence-corrected chi connectivity index (χ4v) is 2.72. The maximum atomic E-state index is 12.1. The summed E-state index contributed by atoms with van der Waals surface area (Å²) in [5, 5.41) is 6.60. The summed E-state index contributed by atoms with van der Waals surface area (Å²) >= 11 is 0. The molecule has 0 aliphatic rings. The number of benzene rings is 1. The van der Waals surface area contributed by atoms with Crippen LogP contribution in [0.25, 0.3) is 0 Å². The van der Waals surface area contributed by atoms with Crippen LogP contribution in [0.4, 0.5) is 5.69 Å². The van der Waals surface area contributed by atoms with Crippen LogP contribution < -0.4 is 10.5 Å².